The van der Waals surface area contributed by atoms with Gasteiger partial charge in [0, 0.05) is 20.1 Å². The van der Waals surface area contributed by atoms with Gasteiger partial charge in [0.25, 0.3) is 5.91 Å². The number of hydrogen-bond acceptors (Lipinski definition) is 4. The highest BCUT2D eigenvalue weighted by molar-refractivity contribution is 6.07. The van der Waals surface area contributed by atoms with Gasteiger partial charge in [0.2, 0.25) is 0 Å². The van der Waals surface area contributed by atoms with E-state index in [2.05, 4.69) is 15.1 Å². The minimum Gasteiger partial charge on any atom is -0.371 e. The summed E-state index contributed by atoms with van der Waals surface area (Å²) in [5, 5.41) is 8.65. The van der Waals surface area contributed by atoms with Gasteiger partial charge < -0.3 is 9.80 Å². The second-order valence-electron chi connectivity index (χ2n) is 6.23. The van der Waals surface area contributed by atoms with E-state index in [1.54, 1.807) is 4.90 Å². The lowest BCUT2D eigenvalue weighted by atomic mass is 10.1. The highest BCUT2D eigenvalue weighted by Gasteiger charge is 2.27. The number of hydrogen-bond donors (Lipinski definition) is 0. The molecule has 0 spiro atoms. The normalized spacial score (nSPS) is 13.7. The van der Waals surface area contributed by atoms with Crippen LogP contribution in [0.1, 0.15) is 16.1 Å². The van der Waals surface area contributed by atoms with Crippen molar-refractivity contribution in [1.82, 2.24) is 15.0 Å². The molecule has 0 aliphatic carbocycles. The first-order valence-electron chi connectivity index (χ1n) is 8.25. The molecule has 0 N–H and O–H groups in total. The Morgan fingerprint density at radius 1 is 1.04 bits per heavy atom. The maximum atomic E-state index is 13.0. The van der Waals surface area contributed by atoms with Gasteiger partial charge in [-0.15, -0.1) is 5.10 Å². The van der Waals surface area contributed by atoms with Gasteiger partial charge in [0.1, 0.15) is 0 Å². The molecule has 0 unspecified atom stereocenters. The molecule has 126 valence electrons. The molecule has 1 aromatic heterocycles. The average molecular weight is 333 g/mol. The van der Waals surface area contributed by atoms with Crippen molar-refractivity contribution >= 4 is 17.3 Å². The van der Waals surface area contributed by atoms with E-state index in [9.17, 15) is 4.79 Å². The van der Waals surface area contributed by atoms with Crippen molar-refractivity contribution in [2.45, 2.75) is 6.92 Å². The van der Waals surface area contributed by atoms with Gasteiger partial charge >= 0.3 is 0 Å². The smallest absolute Gasteiger partial charge is 0.280 e. The van der Waals surface area contributed by atoms with Crippen LogP contribution in [0.5, 0.6) is 0 Å². The number of likely N-dealkylation sites (N-methyl/N-ethyl adjacent to an activating group) is 1. The Kier molecular flexibility index (Phi) is 3.72. The van der Waals surface area contributed by atoms with Crippen LogP contribution in [0.3, 0.4) is 0 Å². The topological polar surface area (TPSA) is 54.3 Å². The molecule has 0 atom stereocenters. The number of carbonyl (C=O) groups excluding carboxylic acids is 1. The van der Waals surface area contributed by atoms with Crippen molar-refractivity contribution in [1.29, 1.82) is 0 Å². The number of rotatable bonds is 2. The minimum atomic E-state index is -0.126. The van der Waals surface area contributed by atoms with Crippen LogP contribution in [0, 0.1) is 6.92 Å². The fraction of sp³-hybridized carbons (Fsp3) is 0.211. The predicted molar refractivity (Wildman–Crippen MR) is 97.5 cm³/mol. The van der Waals surface area contributed by atoms with Gasteiger partial charge in [-0.3, -0.25) is 4.79 Å². The van der Waals surface area contributed by atoms with Crippen LogP contribution in [0.2, 0.25) is 0 Å². The van der Waals surface area contributed by atoms with Crippen LogP contribution in [0.4, 0.5) is 11.4 Å². The fourth-order valence-corrected chi connectivity index (χ4v) is 3.09. The first kappa shape index (κ1) is 15.4. The molecule has 6 nitrogen and oxygen atoms in total. The van der Waals surface area contributed by atoms with Crippen molar-refractivity contribution in [3.05, 3.63) is 66.0 Å². The molecule has 2 heterocycles. The summed E-state index contributed by atoms with van der Waals surface area (Å²) in [6.45, 7) is 3.43. The third-order valence-corrected chi connectivity index (χ3v) is 4.43. The molecule has 0 radical (unpaired) electrons. The summed E-state index contributed by atoms with van der Waals surface area (Å²) in [5.41, 5.74) is 4.27. The monoisotopic (exact) mass is 333 g/mol. The molecule has 1 aliphatic heterocycles. The zero-order valence-corrected chi connectivity index (χ0v) is 14.3. The fourth-order valence-electron chi connectivity index (χ4n) is 3.09. The largest absolute Gasteiger partial charge is 0.371 e. The summed E-state index contributed by atoms with van der Waals surface area (Å²) < 4.78 is 0. The highest BCUT2D eigenvalue weighted by Crippen LogP contribution is 2.32. The predicted octanol–water partition coefficient (Wildman–Crippen LogP) is 2.67. The third-order valence-electron chi connectivity index (χ3n) is 4.43. The van der Waals surface area contributed by atoms with Gasteiger partial charge in [-0.25, -0.2) is 0 Å². The molecular weight excluding hydrogens is 314 g/mol. The lowest BCUT2D eigenvalue weighted by Gasteiger charge is -2.35. The molecule has 4 rings (SSSR count). The molecule has 0 bridgehead atoms. The first-order chi connectivity index (χ1) is 12.1. The van der Waals surface area contributed by atoms with Crippen molar-refractivity contribution < 1.29 is 4.79 Å². The van der Waals surface area contributed by atoms with Crippen molar-refractivity contribution in [3.8, 4) is 5.69 Å². The quantitative estimate of drug-likeness (QED) is 0.723. The lowest BCUT2D eigenvalue weighted by Crippen LogP contribution is -2.42. The maximum absolute atomic E-state index is 13.0. The summed E-state index contributed by atoms with van der Waals surface area (Å²) in [5.74, 6) is -0.126. The van der Waals surface area contributed by atoms with Crippen LogP contribution >= 0.6 is 0 Å². The molecule has 25 heavy (non-hydrogen) atoms. The number of aryl methyl sites for hydroxylation is 1. The summed E-state index contributed by atoms with van der Waals surface area (Å²) >= 11 is 0. The van der Waals surface area contributed by atoms with E-state index in [1.165, 1.54) is 11.0 Å². The summed E-state index contributed by atoms with van der Waals surface area (Å²) in [7, 11) is 2.04. The van der Waals surface area contributed by atoms with E-state index in [4.69, 9.17) is 0 Å². The zero-order valence-electron chi connectivity index (χ0n) is 14.3. The number of amides is 1. The lowest BCUT2D eigenvalue weighted by molar-refractivity contribution is 0.0981. The van der Waals surface area contributed by atoms with Crippen LogP contribution in [-0.4, -0.2) is 41.0 Å². The number of carbonyl (C=O) groups is 1. The standard InChI is InChI=1S/C19H19N5O/c1-14-6-5-7-15(12-14)24-20-13-16(21-24)19(25)23-11-10-22(2)17-8-3-4-9-18(17)23/h3-9,12-13H,10-11H2,1-2H3. The Morgan fingerprint density at radius 2 is 1.84 bits per heavy atom. The minimum absolute atomic E-state index is 0.126. The van der Waals surface area contributed by atoms with E-state index in [1.807, 2.05) is 62.5 Å². The Balaban J connectivity index is 1.66. The molecule has 1 amide bonds. The van der Waals surface area contributed by atoms with Crippen molar-refractivity contribution in [3.63, 3.8) is 0 Å². The summed E-state index contributed by atoms with van der Waals surface area (Å²) in [6.07, 6.45) is 1.53. The Bertz CT molecular complexity index is 933. The highest BCUT2D eigenvalue weighted by atomic mass is 16.2. The van der Waals surface area contributed by atoms with E-state index >= 15 is 0 Å². The molecule has 0 saturated carbocycles. The van der Waals surface area contributed by atoms with E-state index in [0.29, 0.717) is 12.2 Å². The average Bonchev–Trinajstić information content (AvgIpc) is 3.12. The van der Waals surface area contributed by atoms with Crippen LogP contribution in [-0.2, 0) is 0 Å². The zero-order chi connectivity index (χ0) is 17.4. The first-order valence-corrected chi connectivity index (χ1v) is 8.25. The Labute approximate surface area is 146 Å². The van der Waals surface area contributed by atoms with Gasteiger partial charge in [-0.2, -0.15) is 9.90 Å². The SMILES string of the molecule is Cc1cccc(-n2ncc(C(=O)N3CCN(C)c4ccccc43)n2)c1. The van der Waals surface area contributed by atoms with Crippen molar-refractivity contribution in [2.24, 2.45) is 0 Å². The number of fused-ring (bicyclic) bond motifs is 1. The van der Waals surface area contributed by atoms with Gasteiger partial charge in [0.05, 0.1) is 23.3 Å². The number of anilines is 2. The Morgan fingerprint density at radius 3 is 2.64 bits per heavy atom. The third kappa shape index (κ3) is 2.76. The number of benzene rings is 2. The van der Waals surface area contributed by atoms with Crippen LogP contribution < -0.4 is 9.80 Å². The molecule has 2 aromatic carbocycles. The van der Waals surface area contributed by atoms with Gasteiger partial charge in [-0.05, 0) is 36.8 Å². The molecule has 6 heteroatoms. The number of para-hydroxylation sites is 2. The molecule has 0 fully saturated rings. The van der Waals surface area contributed by atoms with E-state index in [0.717, 1.165) is 29.2 Å². The van der Waals surface area contributed by atoms with Gasteiger partial charge in [0.15, 0.2) is 5.69 Å². The molecule has 1 aliphatic rings. The summed E-state index contributed by atoms with van der Waals surface area (Å²) in [6, 6.07) is 15.8. The maximum Gasteiger partial charge on any atom is 0.280 e. The van der Waals surface area contributed by atoms with E-state index < -0.39 is 0 Å². The Hall–Kier alpha value is -3.15. The molecule has 3 aromatic rings. The summed E-state index contributed by atoms with van der Waals surface area (Å²) in [4.78, 5) is 18.4. The second kappa shape index (κ2) is 6.05. The van der Waals surface area contributed by atoms with Crippen LogP contribution in [0.25, 0.3) is 5.69 Å². The molecular formula is C19H19N5O. The van der Waals surface area contributed by atoms with E-state index in [-0.39, 0.29) is 5.91 Å². The van der Waals surface area contributed by atoms with Crippen molar-refractivity contribution in [2.75, 3.05) is 29.9 Å². The second-order valence-corrected chi connectivity index (χ2v) is 6.23. The van der Waals surface area contributed by atoms with Gasteiger partial charge in [-0.1, -0.05) is 24.3 Å². The van der Waals surface area contributed by atoms with Crippen LogP contribution in [0.15, 0.2) is 54.7 Å². The number of aromatic nitrogens is 3. The number of nitrogens with zero attached hydrogens (tertiary/aromatic N) is 5. The molecule has 0 saturated heterocycles.